The number of nitrogens with two attached hydrogens (primary N) is 1. The van der Waals surface area contributed by atoms with Crippen molar-refractivity contribution in [2.75, 3.05) is 6.61 Å². The number of para-hydroxylation sites is 1. The number of nitrogens with one attached hydrogen (secondary N) is 1. The molecule has 0 aromatic heterocycles. The van der Waals surface area contributed by atoms with Gasteiger partial charge in [0.25, 0.3) is 0 Å². The van der Waals surface area contributed by atoms with Gasteiger partial charge >= 0.3 is 0 Å². The van der Waals surface area contributed by atoms with Gasteiger partial charge in [0.1, 0.15) is 5.75 Å². The van der Waals surface area contributed by atoms with Crippen LogP contribution in [0.25, 0.3) is 0 Å². The summed E-state index contributed by atoms with van der Waals surface area (Å²) < 4.78 is 5.58. The summed E-state index contributed by atoms with van der Waals surface area (Å²) in [7, 11) is 0. The Morgan fingerprint density at radius 1 is 1.53 bits per heavy atom. The number of amides is 1. The molecule has 0 bridgehead atoms. The first-order valence-corrected chi connectivity index (χ1v) is 6.91. The van der Waals surface area contributed by atoms with E-state index in [1.807, 2.05) is 38.1 Å². The van der Waals surface area contributed by atoms with Crippen LogP contribution in [0.3, 0.4) is 0 Å². The van der Waals surface area contributed by atoms with Crippen LogP contribution < -0.4 is 15.8 Å². The molecule has 3 atom stereocenters. The number of hydrogen-bond acceptors (Lipinski definition) is 3. The van der Waals surface area contributed by atoms with E-state index in [2.05, 4.69) is 5.32 Å². The zero-order valence-electron chi connectivity index (χ0n) is 11.6. The Labute approximate surface area is 114 Å². The molecular weight excluding hydrogens is 240 g/mol. The minimum Gasteiger partial charge on any atom is -0.493 e. The maximum absolute atomic E-state index is 12.1. The summed E-state index contributed by atoms with van der Waals surface area (Å²) in [6.45, 7) is 4.67. The Hall–Kier alpha value is -1.55. The Balaban J connectivity index is 2.06. The fourth-order valence-corrected chi connectivity index (χ4v) is 2.27. The summed E-state index contributed by atoms with van der Waals surface area (Å²) >= 11 is 0. The molecule has 0 fully saturated rings. The number of carbonyl (C=O) groups excluding carboxylic acids is 1. The summed E-state index contributed by atoms with van der Waals surface area (Å²) in [6.07, 6.45) is 1.69. The van der Waals surface area contributed by atoms with E-state index in [1.54, 1.807) is 0 Å². The summed E-state index contributed by atoms with van der Waals surface area (Å²) in [6, 6.07) is 7.39. The van der Waals surface area contributed by atoms with E-state index < -0.39 is 6.04 Å². The molecule has 0 saturated heterocycles. The van der Waals surface area contributed by atoms with E-state index in [9.17, 15) is 4.79 Å². The van der Waals surface area contributed by atoms with Crippen LogP contribution in [0, 0.1) is 5.92 Å². The molecule has 1 aromatic rings. The first kappa shape index (κ1) is 13.9. The van der Waals surface area contributed by atoms with E-state index in [0.29, 0.717) is 6.61 Å². The molecule has 0 spiro atoms. The second kappa shape index (κ2) is 6.06. The normalized spacial score (nSPS) is 20.9. The van der Waals surface area contributed by atoms with Gasteiger partial charge in [-0.3, -0.25) is 4.79 Å². The average Bonchev–Trinajstić information content (AvgIpc) is 2.46. The standard InChI is InChI=1S/C15H22N2O2/c1-3-10(2)14(16)15(18)17-12-8-9-19-13-7-5-4-6-11(12)13/h4-7,10,12,14H,3,8-9,16H2,1-2H3,(H,17,18). The maximum atomic E-state index is 12.1. The van der Waals surface area contributed by atoms with Crippen molar-refractivity contribution in [3.63, 3.8) is 0 Å². The van der Waals surface area contributed by atoms with Crippen LogP contribution in [0.4, 0.5) is 0 Å². The van der Waals surface area contributed by atoms with Crippen molar-refractivity contribution < 1.29 is 9.53 Å². The summed E-state index contributed by atoms with van der Waals surface area (Å²) in [5, 5.41) is 3.05. The third-order valence-electron chi connectivity index (χ3n) is 3.83. The minimum absolute atomic E-state index is 0.00700. The topological polar surface area (TPSA) is 64.4 Å². The Bertz CT molecular complexity index is 448. The smallest absolute Gasteiger partial charge is 0.237 e. The summed E-state index contributed by atoms with van der Waals surface area (Å²) in [5.41, 5.74) is 7.01. The van der Waals surface area contributed by atoms with E-state index in [0.717, 1.165) is 24.2 Å². The van der Waals surface area contributed by atoms with E-state index >= 15 is 0 Å². The van der Waals surface area contributed by atoms with Crippen LogP contribution in [0.2, 0.25) is 0 Å². The van der Waals surface area contributed by atoms with Gasteiger partial charge in [0.15, 0.2) is 0 Å². The fraction of sp³-hybridized carbons (Fsp3) is 0.533. The highest BCUT2D eigenvalue weighted by Crippen LogP contribution is 2.31. The molecule has 1 aromatic carbocycles. The van der Waals surface area contributed by atoms with Crippen LogP contribution >= 0.6 is 0 Å². The number of hydrogen-bond donors (Lipinski definition) is 2. The molecule has 3 N–H and O–H groups in total. The quantitative estimate of drug-likeness (QED) is 0.872. The van der Waals surface area contributed by atoms with Gasteiger partial charge < -0.3 is 15.8 Å². The number of fused-ring (bicyclic) bond motifs is 1. The van der Waals surface area contributed by atoms with E-state index in [4.69, 9.17) is 10.5 Å². The molecule has 0 aliphatic carbocycles. The Morgan fingerprint density at radius 3 is 3.00 bits per heavy atom. The highest BCUT2D eigenvalue weighted by Gasteiger charge is 2.26. The molecule has 0 saturated carbocycles. The van der Waals surface area contributed by atoms with Crippen molar-refractivity contribution in [1.29, 1.82) is 0 Å². The molecule has 1 heterocycles. The number of carbonyl (C=O) groups is 1. The molecular formula is C15H22N2O2. The van der Waals surface area contributed by atoms with E-state index in [-0.39, 0.29) is 17.9 Å². The van der Waals surface area contributed by atoms with Gasteiger partial charge in [-0.1, -0.05) is 38.5 Å². The van der Waals surface area contributed by atoms with Crippen molar-refractivity contribution in [2.45, 2.75) is 38.8 Å². The monoisotopic (exact) mass is 262 g/mol. The van der Waals surface area contributed by atoms with Gasteiger partial charge in [0.05, 0.1) is 18.7 Å². The van der Waals surface area contributed by atoms with Crippen LogP contribution in [-0.4, -0.2) is 18.6 Å². The molecule has 1 amide bonds. The predicted octanol–water partition coefficient (Wildman–Crippen LogP) is 2.00. The van der Waals surface area contributed by atoms with Crippen LogP contribution in [-0.2, 0) is 4.79 Å². The molecule has 3 unspecified atom stereocenters. The molecule has 1 aliphatic rings. The predicted molar refractivity (Wildman–Crippen MR) is 74.9 cm³/mol. The molecule has 4 heteroatoms. The van der Waals surface area contributed by atoms with Crippen LogP contribution in [0.1, 0.15) is 38.3 Å². The number of benzene rings is 1. The Kier molecular flexibility index (Phi) is 4.43. The lowest BCUT2D eigenvalue weighted by atomic mass is 9.97. The largest absolute Gasteiger partial charge is 0.493 e. The second-order valence-corrected chi connectivity index (χ2v) is 5.15. The van der Waals surface area contributed by atoms with Crippen molar-refractivity contribution in [1.82, 2.24) is 5.32 Å². The van der Waals surface area contributed by atoms with Gasteiger partial charge in [-0.15, -0.1) is 0 Å². The molecule has 1 aliphatic heterocycles. The lowest BCUT2D eigenvalue weighted by molar-refractivity contribution is -0.124. The van der Waals surface area contributed by atoms with Crippen molar-refractivity contribution in [2.24, 2.45) is 11.7 Å². The summed E-state index contributed by atoms with van der Waals surface area (Å²) in [5.74, 6) is 0.974. The third-order valence-corrected chi connectivity index (χ3v) is 3.83. The highest BCUT2D eigenvalue weighted by molar-refractivity contribution is 5.82. The van der Waals surface area contributed by atoms with Crippen molar-refractivity contribution in [3.05, 3.63) is 29.8 Å². The van der Waals surface area contributed by atoms with Gasteiger partial charge in [-0.25, -0.2) is 0 Å². The molecule has 2 rings (SSSR count). The van der Waals surface area contributed by atoms with Crippen molar-refractivity contribution in [3.8, 4) is 5.75 Å². The molecule has 0 radical (unpaired) electrons. The van der Waals surface area contributed by atoms with Gasteiger partial charge in [-0.05, 0) is 12.0 Å². The number of rotatable bonds is 4. The highest BCUT2D eigenvalue weighted by atomic mass is 16.5. The first-order chi connectivity index (χ1) is 9.13. The van der Waals surface area contributed by atoms with Gasteiger partial charge in [0.2, 0.25) is 5.91 Å². The second-order valence-electron chi connectivity index (χ2n) is 5.15. The zero-order valence-corrected chi connectivity index (χ0v) is 11.6. The van der Waals surface area contributed by atoms with Gasteiger partial charge in [-0.2, -0.15) is 0 Å². The third kappa shape index (κ3) is 3.07. The lowest BCUT2D eigenvalue weighted by Gasteiger charge is -2.28. The summed E-state index contributed by atoms with van der Waals surface area (Å²) in [4.78, 5) is 12.1. The van der Waals surface area contributed by atoms with E-state index in [1.165, 1.54) is 0 Å². The fourth-order valence-electron chi connectivity index (χ4n) is 2.27. The maximum Gasteiger partial charge on any atom is 0.237 e. The molecule has 19 heavy (non-hydrogen) atoms. The average molecular weight is 262 g/mol. The SMILES string of the molecule is CCC(C)C(N)C(=O)NC1CCOc2ccccc21. The van der Waals surface area contributed by atoms with Crippen molar-refractivity contribution >= 4 is 5.91 Å². The van der Waals surface area contributed by atoms with Crippen LogP contribution in [0.15, 0.2) is 24.3 Å². The molecule has 104 valence electrons. The Morgan fingerprint density at radius 2 is 2.26 bits per heavy atom. The zero-order chi connectivity index (χ0) is 13.8. The molecule has 4 nitrogen and oxygen atoms in total. The number of ether oxygens (including phenoxy) is 1. The van der Waals surface area contributed by atoms with Gasteiger partial charge in [0, 0.05) is 12.0 Å². The first-order valence-electron chi connectivity index (χ1n) is 6.91. The lowest BCUT2D eigenvalue weighted by Crippen LogP contribution is -2.46. The minimum atomic E-state index is -0.444. The van der Waals surface area contributed by atoms with Crippen LogP contribution in [0.5, 0.6) is 5.75 Å².